The van der Waals surface area contributed by atoms with Gasteiger partial charge >= 0.3 is 8.56 Å². The summed E-state index contributed by atoms with van der Waals surface area (Å²) >= 11 is 0. The summed E-state index contributed by atoms with van der Waals surface area (Å²) in [7, 11) is -2.92. The molecule has 0 spiro atoms. The third kappa shape index (κ3) is 9.91. The van der Waals surface area contributed by atoms with Gasteiger partial charge in [-0.2, -0.15) is 0 Å². The van der Waals surface area contributed by atoms with Crippen molar-refractivity contribution in [2.75, 3.05) is 0 Å². The van der Waals surface area contributed by atoms with Gasteiger partial charge in [0.1, 0.15) is 0 Å². The van der Waals surface area contributed by atoms with Crippen LogP contribution >= 0.6 is 0 Å². The van der Waals surface area contributed by atoms with Crippen LogP contribution in [0.25, 0.3) is 0 Å². The normalized spacial score (nSPS) is 11.5. The van der Waals surface area contributed by atoms with Crippen molar-refractivity contribution in [2.24, 2.45) is 0 Å². The van der Waals surface area contributed by atoms with Crippen LogP contribution in [0.1, 0.15) is 39.5 Å². The Labute approximate surface area is 94.6 Å². The maximum atomic E-state index is 9.78. The summed E-state index contributed by atoms with van der Waals surface area (Å²) in [5, 5.41) is 0. The van der Waals surface area contributed by atoms with Gasteiger partial charge in [-0.05, 0) is 51.6 Å². The second-order valence-electron chi connectivity index (χ2n) is 4.60. The van der Waals surface area contributed by atoms with Crippen molar-refractivity contribution in [1.82, 2.24) is 0 Å². The molecule has 0 aromatic rings. The van der Waals surface area contributed by atoms with Gasteiger partial charge in [-0.25, -0.2) is 0 Å². The summed E-state index contributed by atoms with van der Waals surface area (Å²) < 4.78 is 0. The summed E-state index contributed by atoms with van der Waals surface area (Å²) in [4.78, 5) is 19.6. The summed E-state index contributed by atoms with van der Waals surface area (Å²) in [6.07, 6.45) is 3.50. The summed E-state index contributed by atoms with van der Waals surface area (Å²) in [5.74, 6) is 0. The number of hydrogen-bond acceptors (Lipinski definition) is 2. The third-order valence-electron chi connectivity index (χ3n) is 2.36. The van der Waals surface area contributed by atoms with E-state index in [2.05, 4.69) is 13.2 Å². The molecule has 0 fully saturated rings. The van der Waals surface area contributed by atoms with Gasteiger partial charge in [0.15, 0.2) is 0 Å². The van der Waals surface area contributed by atoms with E-state index in [1.807, 2.05) is 13.8 Å². The molecule has 0 aromatic carbocycles. The van der Waals surface area contributed by atoms with Gasteiger partial charge in [0.2, 0.25) is 0 Å². The van der Waals surface area contributed by atoms with Crippen molar-refractivity contribution < 1.29 is 9.59 Å². The second kappa shape index (κ2) is 6.98. The van der Waals surface area contributed by atoms with Crippen molar-refractivity contribution in [3.05, 3.63) is 24.3 Å². The molecular formula is C12H24O2Si. The van der Waals surface area contributed by atoms with Crippen molar-refractivity contribution in [2.45, 2.75) is 51.6 Å². The quantitative estimate of drug-likeness (QED) is 0.495. The van der Waals surface area contributed by atoms with Crippen LogP contribution in [0, 0.1) is 0 Å². The summed E-state index contributed by atoms with van der Waals surface area (Å²) in [5.41, 5.74) is 2.23. The van der Waals surface area contributed by atoms with E-state index in [-0.39, 0.29) is 0 Å². The van der Waals surface area contributed by atoms with Crippen LogP contribution in [0.5, 0.6) is 0 Å². The molecule has 2 nitrogen and oxygen atoms in total. The number of hydrogen-bond donors (Lipinski definition) is 2. The van der Waals surface area contributed by atoms with Crippen molar-refractivity contribution >= 4 is 8.56 Å². The van der Waals surface area contributed by atoms with Crippen LogP contribution in [0.15, 0.2) is 24.3 Å². The molecule has 0 unspecified atom stereocenters. The van der Waals surface area contributed by atoms with Gasteiger partial charge in [-0.3, -0.25) is 0 Å². The Bertz CT molecular complexity index is 200. The van der Waals surface area contributed by atoms with Gasteiger partial charge < -0.3 is 9.59 Å². The average Bonchev–Trinajstić information content (AvgIpc) is 2.01. The molecule has 0 aromatic heterocycles. The molecule has 88 valence electrons. The largest absolute Gasteiger partial charge is 0.411 e. The average molecular weight is 228 g/mol. The van der Waals surface area contributed by atoms with Gasteiger partial charge in [0.05, 0.1) is 0 Å². The molecule has 0 heterocycles. The van der Waals surface area contributed by atoms with Gasteiger partial charge in [-0.1, -0.05) is 11.1 Å². The molecule has 0 atom stereocenters. The predicted molar refractivity (Wildman–Crippen MR) is 67.9 cm³/mol. The van der Waals surface area contributed by atoms with E-state index in [4.69, 9.17) is 0 Å². The lowest BCUT2D eigenvalue weighted by atomic mass is 10.2. The predicted octanol–water partition coefficient (Wildman–Crippen LogP) is 3.13. The van der Waals surface area contributed by atoms with E-state index in [0.717, 1.165) is 36.8 Å². The topological polar surface area (TPSA) is 40.5 Å². The molecule has 0 rings (SSSR count). The molecule has 0 aliphatic rings. The summed E-state index contributed by atoms with van der Waals surface area (Å²) in [6.45, 7) is 11.5. The Balaban J connectivity index is 3.66. The molecule has 2 N–H and O–H groups in total. The highest BCUT2D eigenvalue weighted by Crippen LogP contribution is 2.18. The molecule has 0 radical (unpaired) electrons. The van der Waals surface area contributed by atoms with E-state index in [1.165, 1.54) is 0 Å². The zero-order chi connectivity index (χ0) is 11.9. The molecule has 0 amide bonds. The highest BCUT2D eigenvalue weighted by atomic mass is 28.4. The highest BCUT2D eigenvalue weighted by Gasteiger charge is 2.27. The van der Waals surface area contributed by atoms with Crippen LogP contribution in [-0.4, -0.2) is 18.2 Å². The lowest BCUT2D eigenvalue weighted by molar-refractivity contribution is 0.353. The van der Waals surface area contributed by atoms with Crippen LogP contribution in [0.3, 0.4) is 0 Å². The van der Waals surface area contributed by atoms with Crippen LogP contribution in [0.2, 0.25) is 12.1 Å². The fourth-order valence-corrected chi connectivity index (χ4v) is 3.21. The molecule has 3 heteroatoms. The van der Waals surface area contributed by atoms with Gasteiger partial charge in [0, 0.05) is 0 Å². The number of rotatable bonds is 8. The Morgan fingerprint density at radius 1 is 0.933 bits per heavy atom. The van der Waals surface area contributed by atoms with Crippen molar-refractivity contribution in [3.8, 4) is 0 Å². The zero-order valence-corrected chi connectivity index (χ0v) is 11.1. The van der Waals surface area contributed by atoms with Crippen LogP contribution < -0.4 is 0 Å². The molecule has 15 heavy (non-hydrogen) atoms. The van der Waals surface area contributed by atoms with E-state index < -0.39 is 8.56 Å². The SMILES string of the molecule is C=C(C)CCC[Si](O)(O)CCCC(=C)C. The monoisotopic (exact) mass is 228 g/mol. The first-order valence-corrected chi connectivity index (χ1v) is 7.88. The lowest BCUT2D eigenvalue weighted by Gasteiger charge is -2.17. The van der Waals surface area contributed by atoms with Crippen molar-refractivity contribution in [1.29, 1.82) is 0 Å². The lowest BCUT2D eigenvalue weighted by Crippen LogP contribution is -2.34. The van der Waals surface area contributed by atoms with E-state index >= 15 is 0 Å². The zero-order valence-electron chi connectivity index (χ0n) is 10.1. The minimum atomic E-state index is -2.92. The number of allylic oxidation sites excluding steroid dienone is 2. The fourth-order valence-electron chi connectivity index (χ4n) is 1.47. The second-order valence-corrected chi connectivity index (χ2v) is 7.57. The minimum Gasteiger partial charge on any atom is -0.411 e. The Kier molecular flexibility index (Phi) is 6.81. The van der Waals surface area contributed by atoms with Gasteiger partial charge in [-0.15, -0.1) is 13.2 Å². The van der Waals surface area contributed by atoms with Crippen molar-refractivity contribution in [3.63, 3.8) is 0 Å². The standard InChI is InChI=1S/C12H24O2Si/c1-11(2)7-5-9-15(13,14)10-6-8-12(3)4/h13-14H,1,3,5-10H2,2,4H3. The first-order chi connectivity index (χ1) is 6.83. The first-order valence-electron chi connectivity index (χ1n) is 5.57. The maximum Gasteiger partial charge on any atom is 0.332 e. The van der Waals surface area contributed by atoms with Gasteiger partial charge in [0.25, 0.3) is 0 Å². The van der Waals surface area contributed by atoms with E-state index in [1.54, 1.807) is 0 Å². The summed E-state index contributed by atoms with van der Waals surface area (Å²) in [6, 6.07) is 1.13. The van der Waals surface area contributed by atoms with Crippen LogP contribution in [0.4, 0.5) is 0 Å². The smallest absolute Gasteiger partial charge is 0.332 e. The highest BCUT2D eigenvalue weighted by molar-refractivity contribution is 6.64. The van der Waals surface area contributed by atoms with E-state index in [9.17, 15) is 9.59 Å². The molecule has 0 bridgehead atoms. The fraction of sp³-hybridized carbons (Fsp3) is 0.667. The Hall–Kier alpha value is -0.383. The Morgan fingerprint density at radius 3 is 1.53 bits per heavy atom. The third-order valence-corrected chi connectivity index (χ3v) is 4.67. The van der Waals surface area contributed by atoms with E-state index in [0.29, 0.717) is 12.1 Å². The molecule has 0 aliphatic heterocycles. The first kappa shape index (κ1) is 14.6. The maximum absolute atomic E-state index is 9.78. The van der Waals surface area contributed by atoms with Crippen LogP contribution in [-0.2, 0) is 0 Å². The molecule has 0 saturated heterocycles. The molecule has 0 aliphatic carbocycles. The molecular weight excluding hydrogens is 204 g/mol. The molecule has 0 saturated carbocycles. The Morgan fingerprint density at radius 2 is 1.27 bits per heavy atom. The minimum absolute atomic E-state index is 0.566.